The monoisotopic (exact) mass is 308 g/mol. The van der Waals surface area contributed by atoms with Crippen molar-refractivity contribution in [3.63, 3.8) is 0 Å². The second-order valence-electron chi connectivity index (χ2n) is 5.00. The minimum Gasteiger partial charge on any atom is -0.343 e. The van der Waals surface area contributed by atoms with E-state index in [9.17, 15) is 4.79 Å². The number of carbonyl (C=O) groups excluding carboxylic acids is 1. The van der Waals surface area contributed by atoms with Crippen LogP contribution >= 0.6 is 11.3 Å². The third kappa shape index (κ3) is 3.23. The zero-order valence-corrected chi connectivity index (χ0v) is 13.0. The summed E-state index contributed by atoms with van der Waals surface area (Å²) in [4.78, 5) is 16.8. The van der Waals surface area contributed by atoms with Crippen LogP contribution in [-0.4, -0.2) is 10.9 Å². The first kappa shape index (κ1) is 14.5. The van der Waals surface area contributed by atoms with Crippen molar-refractivity contribution in [3.05, 3.63) is 76.6 Å². The quantitative estimate of drug-likeness (QED) is 0.780. The third-order valence-corrected chi connectivity index (χ3v) is 4.37. The smallest absolute Gasteiger partial charge is 0.251 e. The molecule has 0 radical (unpaired) electrons. The molecule has 0 bridgehead atoms. The van der Waals surface area contributed by atoms with E-state index in [-0.39, 0.29) is 11.9 Å². The Morgan fingerprint density at radius 2 is 1.68 bits per heavy atom. The molecule has 3 nitrogen and oxygen atoms in total. The maximum absolute atomic E-state index is 12.2. The number of hydrogen-bond donors (Lipinski definition) is 1. The molecule has 0 aliphatic rings. The van der Waals surface area contributed by atoms with Gasteiger partial charge in [0.15, 0.2) is 0 Å². The summed E-state index contributed by atoms with van der Waals surface area (Å²) in [5.74, 6) is -0.0791. The minimum absolute atomic E-state index is 0.0791. The SMILES string of the molecule is C[C@H](NC(=O)c1ccccc1)c1nc(-c2ccccc2)cs1. The molecule has 1 amide bonds. The maximum atomic E-state index is 12.2. The Hall–Kier alpha value is -2.46. The Morgan fingerprint density at radius 1 is 1.05 bits per heavy atom. The van der Waals surface area contributed by atoms with Crippen LogP contribution in [0.4, 0.5) is 0 Å². The third-order valence-electron chi connectivity index (χ3n) is 3.35. The van der Waals surface area contributed by atoms with Crippen molar-refractivity contribution in [1.82, 2.24) is 10.3 Å². The Labute approximate surface area is 133 Å². The highest BCUT2D eigenvalue weighted by Gasteiger charge is 2.14. The molecule has 1 aromatic heterocycles. The van der Waals surface area contributed by atoms with Crippen molar-refractivity contribution in [2.24, 2.45) is 0 Å². The van der Waals surface area contributed by atoms with E-state index in [4.69, 9.17) is 0 Å². The lowest BCUT2D eigenvalue weighted by molar-refractivity contribution is 0.0940. The van der Waals surface area contributed by atoms with Crippen LogP contribution in [0.5, 0.6) is 0 Å². The van der Waals surface area contributed by atoms with Crippen LogP contribution in [-0.2, 0) is 0 Å². The van der Waals surface area contributed by atoms with Crippen LogP contribution < -0.4 is 5.32 Å². The van der Waals surface area contributed by atoms with E-state index in [1.807, 2.05) is 60.8 Å². The standard InChI is InChI=1S/C18H16N2OS/c1-13(19-17(21)15-10-6-3-7-11-15)18-20-16(12-22-18)14-8-4-2-5-9-14/h2-13H,1H3,(H,19,21)/t13-/m0/s1. The first-order valence-corrected chi connectivity index (χ1v) is 7.99. The fourth-order valence-corrected chi connectivity index (χ4v) is 2.99. The zero-order valence-electron chi connectivity index (χ0n) is 12.2. The van der Waals surface area contributed by atoms with Crippen LogP contribution in [0.3, 0.4) is 0 Å². The molecule has 4 heteroatoms. The second-order valence-corrected chi connectivity index (χ2v) is 5.89. The second kappa shape index (κ2) is 6.54. The van der Waals surface area contributed by atoms with Gasteiger partial charge in [0.25, 0.3) is 5.91 Å². The number of nitrogens with one attached hydrogen (secondary N) is 1. The molecule has 3 aromatic rings. The topological polar surface area (TPSA) is 42.0 Å². The summed E-state index contributed by atoms with van der Waals surface area (Å²) >= 11 is 1.56. The van der Waals surface area contributed by atoms with Gasteiger partial charge in [-0.15, -0.1) is 11.3 Å². The average molecular weight is 308 g/mol. The number of hydrogen-bond acceptors (Lipinski definition) is 3. The first-order chi connectivity index (χ1) is 10.7. The molecule has 22 heavy (non-hydrogen) atoms. The summed E-state index contributed by atoms with van der Waals surface area (Å²) in [6.07, 6.45) is 0. The Morgan fingerprint density at radius 3 is 2.36 bits per heavy atom. The van der Waals surface area contributed by atoms with Crippen LogP contribution in [0.1, 0.15) is 28.3 Å². The van der Waals surface area contributed by atoms with Gasteiger partial charge in [-0.1, -0.05) is 48.5 Å². The predicted octanol–water partition coefficient (Wildman–Crippen LogP) is 4.30. The van der Waals surface area contributed by atoms with Gasteiger partial charge in [-0.05, 0) is 19.1 Å². The van der Waals surface area contributed by atoms with Gasteiger partial charge in [-0.25, -0.2) is 4.98 Å². The van der Waals surface area contributed by atoms with Crippen molar-refractivity contribution in [2.75, 3.05) is 0 Å². The molecule has 1 atom stereocenters. The molecular weight excluding hydrogens is 292 g/mol. The van der Waals surface area contributed by atoms with E-state index in [1.54, 1.807) is 23.5 Å². The van der Waals surface area contributed by atoms with Gasteiger partial charge in [0, 0.05) is 16.5 Å². The van der Waals surface area contributed by atoms with E-state index >= 15 is 0 Å². The van der Waals surface area contributed by atoms with Crippen LogP contribution in [0, 0.1) is 0 Å². The summed E-state index contributed by atoms with van der Waals surface area (Å²) in [5.41, 5.74) is 2.70. The molecular formula is C18H16N2OS. The lowest BCUT2D eigenvalue weighted by atomic mass is 10.2. The van der Waals surface area contributed by atoms with Gasteiger partial charge in [0.2, 0.25) is 0 Å². The van der Waals surface area contributed by atoms with E-state index in [2.05, 4.69) is 10.3 Å². The summed E-state index contributed by atoms with van der Waals surface area (Å²) < 4.78 is 0. The van der Waals surface area contributed by atoms with Crippen LogP contribution in [0.15, 0.2) is 66.0 Å². The van der Waals surface area contributed by atoms with Crippen molar-refractivity contribution in [1.29, 1.82) is 0 Å². The molecule has 1 heterocycles. The first-order valence-electron chi connectivity index (χ1n) is 7.11. The van der Waals surface area contributed by atoms with E-state index in [0.717, 1.165) is 16.3 Å². The maximum Gasteiger partial charge on any atom is 0.251 e. The van der Waals surface area contributed by atoms with Crippen LogP contribution in [0.25, 0.3) is 11.3 Å². The van der Waals surface area contributed by atoms with Gasteiger partial charge in [-0.3, -0.25) is 4.79 Å². The minimum atomic E-state index is -0.116. The van der Waals surface area contributed by atoms with Crippen molar-refractivity contribution in [3.8, 4) is 11.3 Å². The van der Waals surface area contributed by atoms with Crippen molar-refractivity contribution in [2.45, 2.75) is 13.0 Å². The highest BCUT2D eigenvalue weighted by Crippen LogP contribution is 2.25. The molecule has 1 N–H and O–H groups in total. The van der Waals surface area contributed by atoms with Gasteiger partial charge in [0.05, 0.1) is 11.7 Å². The predicted molar refractivity (Wildman–Crippen MR) is 89.9 cm³/mol. The van der Waals surface area contributed by atoms with E-state index in [0.29, 0.717) is 5.56 Å². The zero-order chi connectivity index (χ0) is 15.4. The molecule has 0 fully saturated rings. The van der Waals surface area contributed by atoms with Gasteiger partial charge >= 0.3 is 0 Å². The van der Waals surface area contributed by atoms with Gasteiger partial charge < -0.3 is 5.32 Å². The molecule has 3 rings (SSSR count). The Kier molecular flexibility index (Phi) is 4.30. The summed E-state index contributed by atoms with van der Waals surface area (Å²) in [7, 11) is 0. The summed E-state index contributed by atoms with van der Waals surface area (Å²) in [6, 6.07) is 19.1. The summed E-state index contributed by atoms with van der Waals surface area (Å²) in [6.45, 7) is 1.95. The van der Waals surface area contributed by atoms with E-state index < -0.39 is 0 Å². The highest BCUT2D eigenvalue weighted by molar-refractivity contribution is 7.10. The molecule has 0 saturated carbocycles. The fraction of sp³-hybridized carbons (Fsp3) is 0.111. The average Bonchev–Trinajstić information content (AvgIpc) is 3.06. The molecule has 0 aliphatic heterocycles. The fourth-order valence-electron chi connectivity index (χ4n) is 2.16. The number of thiazole rings is 1. The number of amides is 1. The van der Waals surface area contributed by atoms with E-state index in [1.165, 1.54) is 0 Å². The molecule has 0 aliphatic carbocycles. The molecule has 0 unspecified atom stereocenters. The van der Waals surface area contributed by atoms with Crippen molar-refractivity contribution < 1.29 is 4.79 Å². The summed E-state index contributed by atoms with van der Waals surface area (Å²) in [5, 5.41) is 5.92. The van der Waals surface area contributed by atoms with Crippen LogP contribution in [0.2, 0.25) is 0 Å². The normalized spacial score (nSPS) is 11.9. The lowest BCUT2D eigenvalue weighted by Crippen LogP contribution is -2.26. The Balaban J connectivity index is 1.72. The largest absolute Gasteiger partial charge is 0.343 e. The molecule has 110 valence electrons. The van der Waals surface area contributed by atoms with Crippen molar-refractivity contribution >= 4 is 17.2 Å². The number of carbonyl (C=O) groups is 1. The van der Waals surface area contributed by atoms with Gasteiger partial charge in [0.1, 0.15) is 5.01 Å². The number of benzene rings is 2. The number of rotatable bonds is 4. The number of nitrogens with zero attached hydrogens (tertiary/aromatic N) is 1. The molecule has 0 spiro atoms. The highest BCUT2D eigenvalue weighted by atomic mass is 32.1. The molecule has 2 aromatic carbocycles. The van der Waals surface area contributed by atoms with Gasteiger partial charge in [-0.2, -0.15) is 0 Å². The Bertz CT molecular complexity index is 753. The lowest BCUT2D eigenvalue weighted by Gasteiger charge is -2.11. The molecule has 0 saturated heterocycles. The number of aromatic nitrogens is 1.